The van der Waals surface area contributed by atoms with Crippen molar-refractivity contribution >= 4 is 28.3 Å². The molecule has 6 heteroatoms. The molecule has 142 valence electrons. The summed E-state index contributed by atoms with van der Waals surface area (Å²) in [5.74, 6) is -0.0871. The quantitative estimate of drug-likeness (QED) is 0.528. The van der Waals surface area contributed by atoms with Crippen LogP contribution < -0.4 is 10.1 Å². The Labute approximate surface area is 167 Å². The first kappa shape index (κ1) is 18.4. The molecular weight excluding hydrogens is 372 g/mol. The van der Waals surface area contributed by atoms with E-state index in [9.17, 15) is 9.59 Å². The van der Waals surface area contributed by atoms with Crippen LogP contribution in [0, 0.1) is 5.41 Å². The monoisotopic (exact) mass is 392 g/mol. The maximum absolute atomic E-state index is 13.3. The summed E-state index contributed by atoms with van der Waals surface area (Å²) in [6.45, 7) is 3.37. The molecule has 0 spiro atoms. The minimum Gasteiger partial charge on any atom is -0.427 e. The fourth-order valence-corrected chi connectivity index (χ4v) is 4.53. The first-order chi connectivity index (χ1) is 13.5. The third-order valence-corrected chi connectivity index (χ3v) is 5.88. The molecule has 4 rings (SSSR count). The Hall–Kier alpha value is -2.99. The zero-order valence-electron chi connectivity index (χ0n) is 15.6. The lowest BCUT2D eigenvalue weighted by Crippen LogP contribution is -2.37. The van der Waals surface area contributed by atoms with Crippen molar-refractivity contribution in [1.82, 2.24) is 4.98 Å². The van der Waals surface area contributed by atoms with Crippen molar-refractivity contribution < 1.29 is 14.3 Å². The van der Waals surface area contributed by atoms with Crippen molar-refractivity contribution in [3.63, 3.8) is 0 Å². The number of nitrogens with zero attached hydrogens (tertiary/aromatic N) is 1. The molecule has 0 aliphatic heterocycles. The fraction of sp³-hybridized carbons (Fsp3) is 0.227. The lowest BCUT2D eigenvalue weighted by Gasteiger charge is -2.31. The van der Waals surface area contributed by atoms with Gasteiger partial charge < -0.3 is 10.1 Å². The Balaban J connectivity index is 1.77. The summed E-state index contributed by atoms with van der Waals surface area (Å²) in [5.41, 5.74) is 2.46. The molecule has 1 amide bonds. The van der Waals surface area contributed by atoms with Gasteiger partial charge in [0.1, 0.15) is 5.75 Å². The molecule has 0 radical (unpaired) electrons. The van der Waals surface area contributed by atoms with E-state index in [1.54, 1.807) is 12.3 Å². The molecule has 0 saturated carbocycles. The number of anilines is 1. The second-order valence-electron chi connectivity index (χ2n) is 7.18. The third kappa shape index (κ3) is 3.31. The van der Waals surface area contributed by atoms with E-state index in [-0.39, 0.29) is 17.8 Å². The standard InChI is InChI=1S/C22H20N2O3S/c1-14(25)27-17-9-8-16-13-22(2,20(26)24-21-23-10-11-28-21)19(18(16)12-17)15-6-4-3-5-7-15/h3-12,19H,13H2,1-2H3,(H,23,24,26)/t19-,22+/m0/s1. The molecule has 0 fully saturated rings. The third-order valence-electron chi connectivity index (χ3n) is 5.19. The van der Waals surface area contributed by atoms with Crippen molar-refractivity contribution in [2.45, 2.75) is 26.2 Å². The molecule has 1 aliphatic carbocycles. The average molecular weight is 392 g/mol. The molecule has 2 atom stereocenters. The maximum atomic E-state index is 13.3. The second-order valence-corrected chi connectivity index (χ2v) is 8.08. The van der Waals surface area contributed by atoms with Crippen LogP contribution in [0.2, 0.25) is 0 Å². The highest BCUT2D eigenvalue weighted by Gasteiger charge is 2.49. The highest BCUT2D eigenvalue weighted by atomic mass is 32.1. The lowest BCUT2D eigenvalue weighted by molar-refractivity contribution is -0.132. The van der Waals surface area contributed by atoms with Gasteiger partial charge in [-0.15, -0.1) is 11.3 Å². The fourth-order valence-electron chi connectivity index (χ4n) is 4.00. The summed E-state index contributed by atoms with van der Waals surface area (Å²) in [7, 11) is 0. The Bertz CT molecular complexity index is 1020. The Morgan fingerprint density at radius 2 is 2.00 bits per heavy atom. The first-order valence-electron chi connectivity index (χ1n) is 9.04. The van der Waals surface area contributed by atoms with Crippen molar-refractivity contribution in [1.29, 1.82) is 0 Å². The van der Waals surface area contributed by atoms with E-state index in [0.29, 0.717) is 17.3 Å². The SMILES string of the molecule is CC(=O)Oc1ccc2c(c1)[C@H](c1ccccc1)[C@](C)(C(=O)Nc1nccs1)C2. The number of carbonyl (C=O) groups is 2. The van der Waals surface area contributed by atoms with Gasteiger partial charge in [-0.25, -0.2) is 4.98 Å². The summed E-state index contributed by atoms with van der Waals surface area (Å²) < 4.78 is 5.29. The molecular formula is C22H20N2O3S. The van der Waals surface area contributed by atoms with Crippen LogP contribution in [0.25, 0.3) is 0 Å². The molecule has 1 aliphatic rings. The van der Waals surface area contributed by atoms with Crippen LogP contribution in [0.4, 0.5) is 5.13 Å². The molecule has 5 nitrogen and oxygen atoms in total. The number of carbonyl (C=O) groups excluding carboxylic acids is 2. The van der Waals surface area contributed by atoms with Gasteiger partial charge in [0.2, 0.25) is 5.91 Å². The molecule has 3 aromatic rings. The smallest absolute Gasteiger partial charge is 0.308 e. The van der Waals surface area contributed by atoms with E-state index in [1.165, 1.54) is 18.3 Å². The van der Waals surface area contributed by atoms with E-state index in [1.807, 2.05) is 54.8 Å². The highest BCUT2D eigenvalue weighted by Crippen LogP contribution is 2.52. The van der Waals surface area contributed by atoms with Crippen molar-refractivity contribution in [3.8, 4) is 5.75 Å². The van der Waals surface area contributed by atoms with E-state index >= 15 is 0 Å². The van der Waals surface area contributed by atoms with E-state index in [0.717, 1.165) is 16.7 Å². The Morgan fingerprint density at radius 3 is 2.68 bits per heavy atom. The number of benzene rings is 2. The lowest BCUT2D eigenvalue weighted by atomic mass is 9.73. The van der Waals surface area contributed by atoms with Gasteiger partial charge in [0.05, 0.1) is 5.41 Å². The zero-order valence-corrected chi connectivity index (χ0v) is 16.5. The molecule has 0 unspecified atom stereocenters. The van der Waals surface area contributed by atoms with Crippen LogP contribution in [-0.2, 0) is 16.0 Å². The Morgan fingerprint density at radius 1 is 1.21 bits per heavy atom. The number of thiazole rings is 1. The van der Waals surface area contributed by atoms with Gasteiger partial charge in [-0.2, -0.15) is 0 Å². The summed E-state index contributed by atoms with van der Waals surface area (Å²) in [4.78, 5) is 28.9. The van der Waals surface area contributed by atoms with E-state index < -0.39 is 5.41 Å². The van der Waals surface area contributed by atoms with Crippen molar-refractivity contribution in [2.24, 2.45) is 5.41 Å². The Kier molecular flexibility index (Phi) is 4.73. The maximum Gasteiger partial charge on any atom is 0.308 e. The normalized spacial score (nSPS) is 20.4. The molecule has 1 heterocycles. The summed E-state index contributed by atoms with van der Waals surface area (Å²) in [5, 5.41) is 5.40. The van der Waals surface area contributed by atoms with Crippen LogP contribution in [-0.4, -0.2) is 16.9 Å². The van der Waals surface area contributed by atoms with Gasteiger partial charge in [-0.05, 0) is 42.2 Å². The van der Waals surface area contributed by atoms with Gasteiger partial charge in [-0.3, -0.25) is 9.59 Å². The van der Waals surface area contributed by atoms with Crippen LogP contribution in [0.1, 0.15) is 36.5 Å². The number of fused-ring (bicyclic) bond motifs is 1. The number of hydrogen-bond donors (Lipinski definition) is 1. The van der Waals surface area contributed by atoms with Crippen LogP contribution in [0.5, 0.6) is 5.75 Å². The number of nitrogens with one attached hydrogen (secondary N) is 1. The molecule has 2 aromatic carbocycles. The predicted molar refractivity (Wildman–Crippen MR) is 109 cm³/mol. The minimum absolute atomic E-state index is 0.0680. The van der Waals surface area contributed by atoms with Crippen LogP contribution in [0.15, 0.2) is 60.1 Å². The average Bonchev–Trinajstić information content (AvgIpc) is 3.27. The van der Waals surface area contributed by atoms with Crippen molar-refractivity contribution in [2.75, 3.05) is 5.32 Å². The van der Waals surface area contributed by atoms with Gasteiger partial charge in [-0.1, -0.05) is 36.4 Å². The molecule has 1 N–H and O–H groups in total. The van der Waals surface area contributed by atoms with Gasteiger partial charge in [0, 0.05) is 24.4 Å². The second kappa shape index (κ2) is 7.20. The summed E-state index contributed by atoms with van der Waals surface area (Å²) in [6, 6.07) is 15.6. The van der Waals surface area contributed by atoms with E-state index in [4.69, 9.17) is 4.74 Å². The van der Waals surface area contributed by atoms with Crippen LogP contribution in [0.3, 0.4) is 0 Å². The minimum atomic E-state index is -0.690. The van der Waals surface area contributed by atoms with Gasteiger partial charge in [0.15, 0.2) is 5.13 Å². The van der Waals surface area contributed by atoms with Gasteiger partial charge >= 0.3 is 5.97 Å². The summed E-state index contributed by atoms with van der Waals surface area (Å²) >= 11 is 1.40. The summed E-state index contributed by atoms with van der Waals surface area (Å²) in [6.07, 6.45) is 2.27. The topological polar surface area (TPSA) is 68.3 Å². The molecule has 1 aromatic heterocycles. The highest BCUT2D eigenvalue weighted by molar-refractivity contribution is 7.13. The largest absolute Gasteiger partial charge is 0.427 e. The molecule has 28 heavy (non-hydrogen) atoms. The number of aromatic nitrogens is 1. The van der Waals surface area contributed by atoms with E-state index in [2.05, 4.69) is 10.3 Å². The molecule has 0 bridgehead atoms. The number of esters is 1. The van der Waals surface area contributed by atoms with Crippen LogP contribution >= 0.6 is 11.3 Å². The number of ether oxygens (including phenoxy) is 1. The molecule has 0 saturated heterocycles. The first-order valence-corrected chi connectivity index (χ1v) is 9.92. The number of hydrogen-bond acceptors (Lipinski definition) is 5. The predicted octanol–water partition coefficient (Wildman–Crippen LogP) is 4.40. The number of amides is 1. The van der Waals surface area contributed by atoms with Gasteiger partial charge in [0.25, 0.3) is 0 Å². The zero-order chi connectivity index (χ0) is 19.7. The number of rotatable bonds is 4. The van der Waals surface area contributed by atoms with Crippen molar-refractivity contribution in [3.05, 3.63) is 76.8 Å².